The van der Waals surface area contributed by atoms with Gasteiger partial charge >= 0.3 is 6.09 Å². The maximum absolute atomic E-state index is 12.7. The highest BCUT2D eigenvalue weighted by molar-refractivity contribution is 6.76. The summed E-state index contributed by atoms with van der Waals surface area (Å²) in [5, 5.41) is 9.83. The molecule has 1 saturated carbocycles. The van der Waals surface area contributed by atoms with Crippen molar-refractivity contribution < 1.29 is 14.3 Å². The van der Waals surface area contributed by atoms with Crippen molar-refractivity contribution in [3.8, 4) is 0 Å². The fourth-order valence-electron chi connectivity index (χ4n) is 3.78. The van der Waals surface area contributed by atoms with E-state index in [-0.39, 0.29) is 16.3 Å². The van der Waals surface area contributed by atoms with Crippen LogP contribution in [0, 0.1) is 0 Å². The van der Waals surface area contributed by atoms with Crippen molar-refractivity contribution in [2.45, 2.75) is 102 Å². The van der Waals surface area contributed by atoms with Gasteiger partial charge in [0.25, 0.3) is 5.56 Å². The highest BCUT2D eigenvalue weighted by Crippen LogP contribution is 2.41. The molecule has 1 aliphatic carbocycles. The van der Waals surface area contributed by atoms with Crippen LogP contribution in [0.2, 0.25) is 43.8 Å². The number of nitrogens with zero attached hydrogens (tertiary/aromatic N) is 1. The number of rotatable bonds is 7. The summed E-state index contributed by atoms with van der Waals surface area (Å²) in [6.45, 7) is 18.4. The minimum Gasteiger partial charge on any atom is -0.465 e. The normalized spacial score (nSPS) is 20.5. The molecule has 8 heteroatoms. The average molecular weight is 467 g/mol. The predicted octanol–water partition coefficient (Wildman–Crippen LogP) is 6.25. The molecule has 1 heterocycles. The number of amides is 1. The molecule has 176 valence electrons. The lowest BCUT2D eigenvalue weighted by Crippen LogP contribution is -2.44. The summed E-state index contributed by atoms with van der Waals surface area (Å²) < 4.78 is 6.58. The van der Waals surface area contributed by atoms with Gasteiger partial charge in [-0.3, -0.25) is 9.69 Å². The van der Waals surface area contributed by atoms with Crippen LogP contribution < -0.4 is 10.5 Å². The van der Waals surface area contributed by atoms with Crippen molar-refractivity contribution in [1.29, 1.82) is 0 Å². The lowest BCUT2D eigenvalue weighted by molar-refractivity contribution is 0.129. The number of carboxylic acid groups (broad SMARTS) is 1. The summed E-state index contributed by atoms with van der Waals surface area (Å²) >= 11 is 0. The lowest BCUT2D eigenvalue weighted by atomic mass is 9.85. The summed E-state index contributed by atoms with van der Waals surface area (Å²) in [5.74, 6) is 0.293. The van der Waals surface area contributed by atoms with E-state index >= 15 is 0 Å². The molecular weight excluding hydrogens is 424 g/mol. The fraction of sp³-hybridized carbons (Fsp3) is 0.739. The summed E-state index contributed by atoms with van der Waals surface area (Å²) in [5.41, 5.74) is 0.828. The van der Waals surface area contributed by atoms with Crippen molar-refractivity contribution in [3.63, 3.8) is 0 Å². The zero-order chi connectivity index (χ0) is 23.6. The third-order valence-electron chi connectivity index (χ3n) is 6.90. The number of nitrogens with one attached hydrogen (secondary N) is 1. The first-order valence-electron chi connectivity index (χ1n) is 11.5. The lowest BCUT2D eigenvalue weighted by Gasteiger charge is -2.41. The fourth-order valence-corrected chi connectivity index (χ4v) is 6.10. The SMILES string of the molecule is CC(C)(C)[Si](C)(C)OC1CCC(c2ccc(N(CC[Si](C)(C)C)C(=O)O)c(=O)[nH]2)CC1. The Morgan fingerprint density at radius 2 is 1.71 bits per heavy atom. The first-order chi connectivity index (χ1) is 14.1. The number of anilines is 1. The van der Waals surface area contributed by atoms with Crippen LogP contribution in [-0.4, -0.2) is 45.2 Å². The second-order valence-corrected chi connectivity index (χ2v) is 22.1. The van der Waals surface area contributed by atoms with Crippen LogP contribution in [0.15, 0.2) is 16.9 Å². The molecule has 0 spiro atoms. The van der Waals surface area contributed by atoms with E-state index in [4.69, 9.17) is 4.43 Å². The minimum atomic E-state index is -1.77. The monoisotopic (exact) mass is 466 g/mol. The van der Waals surface area contributed by atoms with E-state index in [0.717, 1.165) is 37.4 Å². The number of carbonyl (C=O) groups is 1. The van der Waals surface area contributed by atoms with Crippen LogP contribution in [0.5, 0.6) is 0 Å². The molecule has 0 aromatic carbocycles. The molecule has 6 nitrogen and oxygen atoms in total. The van der Waals surface area contributed by atoms with Crippen molar-refractivity contribution in [3.05, 3.63) is 28.2 Å². The molecule has 1 aromatic heterocycles. The number of aromatic nitrogens is 1. The first-order valence-corrected chi connectivity index (χ1v) is 18.1. The number of hydrogen-bond donors (Lipinski definition) is 2. The van der Waals surface area contributed by atoms with Crippen molar-refractivity contribution >= 4 is 28.2 Å². The van der Waals surface area contributed by atoms with Gasteiger partial charge in [-0.15, -0.1) is 0 Å². The summed E-state index contributed by atoms with van der Waals surface area (Å²) in [4.78, 5) is 28.7. The van der Waals surface area contributed by atoms with Gasteiger partial charge in [0.1, 0.15) is 5.69 Å². The maximum atomic E-state index is 12.7. The molecule has 2 rings (SSSR count). The second kappa shape index (κ2) is 9.62. The Bertz CT molecular complexity index is 816. The van der Waals surface area contributed by atoms with Gasteiger partial charge in [0, 0.05) is 26.4 Å². The number of H-pyrrole nitrogens is 1. The molecule has 31 heavy (non-hydrogen) atoms. The molecule has 0 saturated heterocycles. The van der Waals surface area contributed by atoms with E-state index in [0.29, 0.717) is 18.6 Å². The van der Waals surface area contributed by atoms with Crippen LogP contribution in [0.25, 0.3) is 0 Å². The zero-order valence-corrected chi connectivity index (χ0v) is 22.7. The Kier molecular flexibility index (Phi) is 8.03. The third-order valence-corrected chi connectivity index (χ3v) is 13.2. The molecule has 0 radical (unpaired) electrons. The van der Waals surface area contributed by atoms with Crippen LogP contribution in [0.4, 0.5) is 10.5 Å². The molecule has 0 unspecified atom stereocenters. The molecule has 1 aromatic rings. The van der Waals surface area contributed by atoms with Gasteiger partial charge in [0.05, 0.1) is 0 Å². The van der Waals surface area contributed by atoms with Crippen molar-refractivity contribution in [1.82, 2.24) is 4.98 Å². The Hall–Kier alpha value is -1.39. The van der Waals surface area contributed by atoms with E-state index < -0.39 is 22.5 Å². The quantitative estimate of drug-likeness (QED) is 0.466. The smallest absolute Gasteiger partial charge is 0.411 e. The topological polar surface area (TPSA) is 82.6 Å². The van der Waals surface area contributed by atoms with Gasteiger partial charge in [-0.25, -0.2) is 4.79 Å². The van der Waals surface area contributed by atoms with E-state index in [1.807, 2.05) is 6.07 Å². The summed E-state index contributed by atoms with van der Waals surface area (Å²) in [6, 6.07) is 4.41. The highest BCUT2D eigenvalue weighted by atomic mass is 28.4. The maximum Gasteiger partial charge on any atom is 0.411 e. The van der Waals surface area contributed by atoms with Gasteiger partial charge in [0.15, 0.2) is 8.32 Å². The minimum absolute atomic E-state index is 0.205. The van der Waals surface area contributed by atoms with E-state index in [1.54, 1.807) is 6.07 Å². The molecule has 1 fully saturated rings. The van der Waals surface area contributed by atoms with Crippen molar-refractivity contribution in [2.75, 3.05) is 11.4 Å². The van der Waals surface area contributed by atoms with Crippen LogP contribution in [0.1, 0.15) is 58.1 Å². The summed E-state index contributed by atoms with van der Waals surface area (Å²) in [7, 11) is -3.19. The molecule has 1 aliphatic rings. The Morgan fingerprint density at radius 1 is 1.13 bits per heavy atom. The number of hydrogen-bond acceptors (Lipinski definition) is 3. The largest absolute Gasteiger partial charge is 0.465 e. The molecule has 2 N–H and O–H groups in total. The Labute approximate surface area is 189 Å². The molecule has 1 amide bonds. The molecule has 0 bridgehead atoms. The zero-order valence-electron chi connectivity index (χ0n) is 20.7. The number of aromatic amines is 1. The van der Waals surface area contributed by atoms with Gasteiger partial charge in [-0.05, 0) is 67.9 Å². The third kappa shape index (κ3) is 7.05. The van der Waals surface area contributed by atoms with Crippen molar-refractivity contribution in [2.24, 2.45) is 0 Å². The van der Waals surface area contributed by atoms with Crippen LogP contribution >= 0.6 is 0 Å². The predicted molar refractivity (Wildman–Crippen MR) is 134 cm³/mol. The first kappa shape index (κ1) is 25.9. The van der Waals surface area contributed by atoms with Gasteiger partial charge < -0.3 is 14.5 Å². The highest BCUT2D eigenvalue weighted by Gasteiger charge is 2.40. The van der Waals surface area contributed by atoms with Gasteiger partial charge in [-0.2, -0.15) is 0 Å². The van der Waals surface area contributed by atoms with Gasteiger partial charge in [0.2, 0.25) is 0 Å². The van der Waals surface area contributed by atoms with Crippen LogP contribution in [0.3, 0.4) is 0 Å². The second-order valence-electron chi connectivity index (χ2n) is 11.7. The molecule has 0 aliphatic heterocycles. The van der Waals surface area contributed by atoms with E-state index in [2.05, 4.69) is 58.5 Å². The number of pyridine rings is 1. The molecule has 0 atom stereocenters. The standard InChI is InChI=1S/C23H42N2O4Si2/c1-23(2,3)31(7,8)29-18-11-9-17(10-12-18)19-13-14-20(21(26)24-19)25(22(27)28)15-16-30(4,5)6/h13-14,17-18H,9-12,15-16H2,1-8H3,(H,24,26)(H,27,28). The Balaban J connectivity index is 2.05. The summed E-state index contributed by atoms with van der Waals surface area (Å²) in [6.07, 6.45) is 3.18. The van der Waals surface area contributed by atoms with E-state index in [9.17, 15) is 14.7 Å². The van der Waals surface area contributed by atoms with Crippen LogP contribution in [-0.2, 0) is 4.43 Å². The molecular formula is C23H42N2O4Si2. The van der Waals surface area contributed by atoms with E-state index in [1.165, 1.54) is 4.90 Å². The van der Waals surface area contributed by atoms with Gasteiger partial charge in [-0.1, -0.05) is 40.4 Å². The Morgan fingerprint density at radius 3 is 2.16 bits per heavy atom. The average Bonchev–Trinajstić information content (AvgIpc) is 2.61.